The zero-order valence-corrected chi connectivity index (χ0v) is 15.2. The fraction of sp³-hybridized carbons (Fsp3) is 0.200. The van der Waals surface area contributed by atoms with Gasteiger partial charge in [-0.1, -0.05) is 29.3 Å². The normalized spacial score (nSPS) is 13.1. The molecule has 5 nitrogen and oxygen atoms in total. The number of carbonyl (C=O) groups is 1. The van der Waals surface area contributed by atoms with Crippen molar-refractivity contribution >= 4 is 29.3 Å². The van der Waals surface area contributed by atoms with Crippen LogP contribution in [0.5, 0.6) is 11.5 Å². The zero-order chi connectivity index (χ0) is 18.7. The van der Waals surface area contributed by atoms with E-state index in [9.17, 15) is 10.1 Å². The Kier molecular flexibility index (Phi) is 5.15. The third-order valence-corrected chi connectivity index (χ3v) is 4.21. The number of amides is 1. The number of nitrogens with one attached hydrogen (secondary N) is 1. The van der Waals surface area contributed by atoms with Crippen molar-refractivity contribution in [2.45, 2.75) is 13.8 Å². The van der Waals surface area contributed by atoms with Gasteiger partial charge in [-0.15, -0.1) is 0 Å². The van der Waals surface area contributed by atoms with Crippen LogP contribution in [0.1, 0.15) is 16.7 Å². The zero-order valence-electron chi connectivity index (χ0n) is 14.4. The number of rotatable bonds is 3. The molecule has 2 aromatic rings. The second-order valence-corrected chi connectivity index (χ2v) is 6.38. The Morgan fingerprint density at radius 3 is 2.73 bits per heavy atom. The van der Waals surface area contributed by atoms with E-state index in [4.69, 9.17) is 21.1 Å². The molecule has 0 unspecified atom stereocenters. The van der Waals surface area contributed by atoms with E-state index in [1.807, 2.05) is 38.1 Å². The highest BCUT2D eigenvalue weighted by Gasteiger charge is 2.17. The summed E-state index contributed by atoms with van der Waals surface area (Å²) in [4.78, 5) is 12.5. The number of hydrogen-bond donors (Lipinski definition) is 1. The summed E-state index contributed by atoms with van der Waals surface area (Å²) >= 11 is 6.20. The first-order valence-corrected chi connectivity index (χ1v) is 8.45. The Morgan fingerprint density at radius 2 is 2.00 bits per heavy atom. The number of anilines is 1. The van der Waals surface area contributed by atoms with Crippen LogP contribution in [-0.4, -0.2) is 19.1 Å². The SMILES string of the molecule is Cc1ccc(NC(=O)/C(C#N)=C/c2cc(Cl)c3c(c2)OCCO3)c(C)c1. The fourth-order valence-corrected chi connectivity index (χ4v) is 2.95. The van der Waals surface area contributed by atoms with Gasteiger partial charge in [0.1, 0.15) is 24.9 Å². The van der Waals surface area contributed by atoms with Gasteiger partial charge < -0.3 is 14.8 Å². The monoisotopic (exact) mass is 368 g/mol. The predicted molar refractivity (Wildman–Crippen MR) is 101 cm³/mol. The number of halogens is 1. The van der Waals surface area contributed by atoms with Crippen LogP contribution in [0.4, 0.5) is 5.69 Å². The van der Waals surface area contributed by atoms with Crippen LogP contribution in [0.2, 0.25) is 5.02 Å². The molecule has 3 rings (SSSR count). The highest BCUT2D eigenvalue weighted by Crippen LogP contribution is 2.38. The Balaban J connectivity index is 1.87. The average Bonchev–Trinajstić information content (AvgIpc) is 2.62. The maximum absolute atomic E-state index is 12.5. The molecule has 1 aliphatic heterocycles. The second kappa shape index (κ2) is 7.51. The van der Waals surface area contributed by atoms with E-state index in [1.165, 1.54) is 6.08 Å². The number of nitriles is 1. The van der Waals surface area contributed by atoms with Crippen LogP contribution >= 0.6 is 11.6 Å². The van der Waals surface area contributed by atoms with Crippen molar-refractivity contribution in [3.8, 4) is 17.6 Å². The lowest BCUT2D eigenvalue weighted by molar-refractivity contribution is -0.112. The van der Waals surface area contributed by atoms with E-state index in [0.717, 1.165) is 11.1 Å². The van der Waals surface area contributed by atoms with Crippen LogP contribution in [0.25, 0.3) is 6.08 Å². The third-order valence-electron chi connectivity index (χ3n) is 3.93. The topological polar surface area (TPSA) is 71.4 Å². The van der Waals surface area contributed by atoms with E-state index in [-0.39, 0.29) is 5.57 Å². The van der Waals surface area contributed by atoms with Crippen LogP contribution in [0, 0.1) is 25.2 Å². The van der Waals surface area contributed by atoms with E-state index in [0.29, 0.717) is 41.0 Å². The highest BCUT2D eigenvalue weighted by molar-refractivity contribution is 6.32. The van der Waals surface area contributed by atoms with E-state index >= 15 is 0 Å². The lowest BCUT2D eigenvalue weighted by Crippen LogP contribution is -2.16. The minimum absolute atomic E-state index is 0.0299. The molecule has 0 fully saturated rings. The van der Waals surface area contributed by atoms with Gasteiger partial charge in [0, 0.05) is 5.69 Å². The van der Waals surface area contributed by atoms with E-state index in [2.05, 4.69) is 5.32 Å². The Bertz CT molecular complexity index is 945. The number of carbonyl (C=O) groups excluding carboxylic acids is 1. The Hall–Kier alpha value is -2.97. The number of aryl methyl sites for hydroxylation is 2. The molecule has 6 heteroatoms. The summed E-state index contributed by atoms with van der Waals surface area (Å²) < 4.78 is 11.0. The van der Waals surface area contributed by atoms with Gasteiger partial charge in [0.05, 0.1) is 5.02 Å². The molecule has 132 valence electrons. The number of ether oxygens (including phenoxy) is 2. The van der Waals surface area contributed by atoms with Crippen LogP contribution in [0.3, 0.4) is 0 Å². The van der Waals surface area contributed by atoms with Crippen molar-refractivity contribution in [1.82, 2.24) is 0 Å². The first kappa shape index (κ1) is 17.8. The molecule has 0 aliphatic carbocycles. The molecule has 2 aromatic carbocycles. The molecule has 0 aromatic heterocycles. The van der Waals surface area contributed by atoms with Gasteiger partial charge in [0.25, 0.3) is 5.91 Å². The highest BCUT2D eigenvalue weighted by atomic mass is 35.5. The van der Waals surface area contributed by atoms with Crippen LogP contribution in [-0.2, 0) is 4.79 Å². The third kappa shape index (κ3) is 3.81. The molecule has 0 atom stereocenters. The molecule has 1 amide bonds. The number of hydrogen-bond acceptors (Lipinski definition) is 4. The molecular weight excluding hydrogens is 352 g/mol. The smallest absolute Gasteiger partial charge is 0.266 e. The van der Waals surface area contributed by atoms with Gasteiger partial charge in [-0.05, 0) is 49.2 Å². The first-order valence-electron chi connectivity index (χ1n) is 8.07. The van der Waals surface area contributed by atoms with Crippen LogP contribution < -0.4 is 14.8 Å². The molecule has 0 saturated heterocycles. The molecule has 0 spiro atoms. The number of benzene rings is 2. The lowest BCUT2D eigenvalue weighted by atomic mass is 10.1. The molecule has 0 saturated carbocycles. The molecule has 26 heavy (non-hydrogen) atoms. The van der Waals surface area contributed by atoms with Crippen molar-refractivity contribution < 1.29 is 14.3 Å². The Labute approximate surface area is 156 Å². The summed E-state index contributed by atoms with van der Waals surface area (Å²) in [6.45, 7) is 4.74. The number of nitrogens with zero attached hydrogens (tertiary/aromatic N) is 1. The quantitative estimate of drug-likeness (QED) is 0.648. The summed E-state index contributed by atoms with van der Waals surface area (Å²) in [6.07, 6.45) is 1.48. The molecule has 1 aliphatic rings. The summed E-state index contributed by atoms with van der Waals surface area (Å²) in [7, 11) is 0. The van der Waals surface area contributed by atoms with Gasteiger partial charge >= 0.3 is 0 Å². The average molecular weight is 369 g/mol. The van der Waals surface area contributed by atoms with E-state index in [1.54, 1.807) is 12.1 Å². The van der Waals surface area contributed by atoms with Gasteiger partial charge in [-0.2, -0.15) is 5.26 Å². The maximum Gasteiger partial charge on any atom is 0.266 e. The molecule has 1 heterocycles. The summed E-state index contributed by atoms with van der Waals surface area (Å²) in [6, 6.07) is 11.0. The largest absolute Gasteiger partial charge is 0.486 e. The first-order chi connectivity index (χ1) is 12.5. The molecule has 0 radical (unpaired) electrons. The molecule has 0 bridgehead atoms. The van der Waals surface area contributed by atoms with Gasteiger partial charge in [-0.3, -0.25) is 4.79 Å². The van der Waals surface area contributed by atoms with Crippen LogP contribution in [0.15, 0.2) is 35.9 Å². The predicted octanol–water partition coefficient (Wildman–Crippen LogP) is 4.27. The van der Waals surface area contributed by atoms with Gasteiger partial charge in [-0.25, -0.2) is 0 Å². The van der Waals surface area contributed by atoms with Crippen molar-refractivity contribution in [3.63, 3.8) is 0 Å². The van der Waals surface area contributed by atoms with Crippen molar-refractivity contribution in [2.24, 2.45) is 0 Å². The van der Waals surface area contributed by atoms with Gasteiger partial charge in [0.2, 0.25) is 0 Å². The minimum Gasteiger partial charge on any atom is -0.486 e. The summed E-state index contributed by atoms with van der Waals surface area (Å²) in [5, 5.41) is 12.5. The summed E-state index contributed by atoms with van der Waals surface area (Å²) in [5.74, 6) is 0.501. The fourth-order valence-electron chi connectivity index (χ4n) is 2.67. The van der Waals surface area contributed by atoms with Crippen molar-refractivity contribution in [3.05, 3.63) is 57.6 Å². The number of fused-ring (bicyclic) bond motifs is 1. The lowest BCUT2D eigenvalue weighted by Gasteiger charge is -2.19. The van der Waals surface area contributed by atoms with Crippen molar-refractivity contribution in [1.29, 1.82) is 5.26 Å². The summed E-state index contributed by atoms with van der Waals surface area (Å²) in [5.41, 5.74) is 3.26. The van der Waals surface area contributed by atoms with Crippen molar-refractivity contribution in [2.75, 3.05) is 18.5 Å². The van der Waals surface area contributed by atoms with Gasteiger partial charge in [0.15, 0.2) is 11.5 Å². The van der Waals surface area contributed by atoms with E-state index < -0.39 is 5.91 Å². The maximum atomic E-state index is 12.5. The molecular formula is C20H17ClN2O3. The molecule has 1 N–H and O–H groups in total. The minimum atomic E-state index is -0.481. The Morgan fingerprint density at radius 1 is 1.23 bits per heavy atom. The standard InChI is InChI=1S/C20H17ClN2O3/c1-12-3-4-17(13(2)7-12)23-20(24)15(11-22)8-14-9-16(21)19-18(10-14)25-5-6-26-19/h3-4,7-10H,5-6H2,1-2H3,(H,23,24)/b15-8+. The second-order valence-electron chi connectivity index (χ2n) is 5.97.